The molecule has 0 aliphatic rings. The van der Waals surface area contributed by atoms with E-state index in [1.54, 1.807) is 11.9 Å². The molecule has 0 aliphatic heterocycles. The van der Waals surface area contributed by atoms with Crippen molar-refractivity contribution < 1.29 is 4.79 Å². The third-order valence-corrected chi connectivity index (χ3v) is 2.75. The van der Waals surface area contributed by atoms with Gasteiger partial charge in [-0.25, -0.2) is 4.99 Å². The van der Waals surface area contributed by atoms with Gasteiger partial charge in [0.1, 0.15) is 6.54 Å². The third-order valence-electron chi connectivity index (χ3n) is 2.75. The number of amides is 1. The van der Waals surface area contributed by atoms with Crippen molar-refractivity contribution in [2.24, 2.45) is 4.99 Å². The van der Waals surface area contributed by atoms with E-state index in [1.165, 1.54) is 0 Å². The molecule has 0 spiro atoms. The predicted octanol–water partition coefficient (Wildman–Crippen LogP) is 1.80. The molecule has 0 bridgehead atoms. The highest BCUT2D eigenvalue weighted by molar-refractivity contribution is 8.93. The molecular formula is C15H25BrN4O. The van der Waals surface area contributed by atoms with Gasteiger partial charge in [0.15, 0.2) is 5.96 Å². The fourth-order valence-electron chi connectivity index (χ4n) is 1.72. The molecule has 6 heteroatoms. The van der Waals surface area contributed by atoms with Crippen LogP contribution in [0.4, 0.5) is 0 Å². The van der Waals surface area contributed by atoms with Crippen molar-refractivity contribution in [2.45, 2.75) is 20.4 Å². The average molecular weight is 357 g/mol. The molecule has 0 heterocycles. The Balaban J connectivity index is 0.00000400. The Bertz CT molecular complexity index is 429. The van der Waals surface area contributed by atoms with E-state index in [2.05, 4.69) is 15.6 Å². The van der Waals surface area contributed by atoms with Crippen LogP contribution in [0.15, 0.2) is 35.3 Å². The van der Waals surface area contributed by atoms with Crippen LogP contribution in [0.2, 0.25) is 0 Å². The minimum absolute atomic E-state index is 0. The predicted molar refractivity (Wildman–Crippen MR) is 92.9 cm³/mol. The number of aliphatic imine (C=N–C) groups is 1. The van der Waals surface area contributed by atoms with Crippen LogP contribution in [0.1, 0.15) is 19.4 Å². The van der Waals surface area contributed by atoms with Crippen LogP contribution in [-0.4, -0.2) is 43.4 Å². The van der Waals surface area contributed by atoms with Gasteiger partial charge in [-0.2, -0.15) is 0 Å². The molecule has 1 amide bonds. The van der Waals surface area contributed by atoms with Crippen LogP contribution in [0.25, 0.3) is 0 Å². The van der Waals surface area contributed by atoms with Gasteiger partial charge in [-0.05, 0) is 19.4 Å². The quantitative estimate of drug-likeness (QED) is 0.603. The molecule has 0 saturated heterocycles. The Labute approximate surface area is 137 Å². The molecule has 21 heavy (non-hydrogen) atoms. The van der Waals surface area contributed by atoms with E-state index in [0.29, 0.717) is 12.5 Å². The number of hydrogen-bond donors (Lipinski definition) is 2. The Hall–Kier alpha value is -1.56. The van der Waals surface area contributed by atoms with Gasteiger partial charge in [0, 0.05) is 26.7 Å². The lowest BCUT2D eigenvalue weighted by Gasteiger charge is -2.16. The number of carbonyl (C=O) groups is 1. The fourth-order valence-corrected chi connectivity index (χ4v) is 1.72. The summed E-state index contributed by atoms with van der Waals surface area (Å²) in [5.41, 5.74) is 1.12. The van der Waals surface area contributed by atoms with Crippen LogP contribution < -0.4 is 10.6 Å². The van der Waals surface area contributed by atoms with Crippen molar-refractivity contribution in [1.82, 2.24) is 15.5 Å². The van der Waals surface area contributed by atoms with Crippen molar-refractivity contribution in [2.75, 3.05) is 26.7 Å². The monoisotopic (exact) mass is 356 g/mol. The van der Waals surface area contributed by atoms with E-state index in [-0.39, 0.29) is 29.4 Å². The van der Waals surface area contributed by atoms with Crippen LogP contribution in [0.3, 0.4) is 0 Å². The van der Waals surface area contributed by atoms with Gasteiger partial charge in [0.2, 0.25) is 5.91 Å². The number of hydrogen-bond acceptors (Lipinski definition) is 2. The summed E-state index contributed by atoms with van der Waals surface area (Å²) in [6.45, 7) is 6.30. The molecule has 1 rings (SSSR count). The maximum atomic E-state index is 12.0. The molecule has 0 radical (unpaired) electrons. The fraction of sp³-hybridized carbons (Fsp3) is 0.467. The summed E-state index contributed by atoms with van der Waals surface area (Å²) in [5.74, 6) is 0.679. The second-order valence-electron chi connectivity index (χ2n) is 4.46. The topological polar surface area (TPSA) is 56.7 Å². The first-order valence-corrected chi connectivity index (χ1v) is 6.97. The highest BCUT2D eigenvalue weighted by Crippen LogP contribution is 2.02. The minimum atomic E-state index is 0. The lowest BCUT2D eigenvalue weighted by molar-refractivity contribution is -0.128. The summed E-state index contributed by atoms with van der Waals surface area (Å²) >= 11 is 0. The highest BCUT2D eigenvalue weighted by Gasteiger charge is 2.08. The molecule has 0 unspecified atom stereocenters. The second kappa shape index (κ2) is 11.1. The molecular weight excluding hydrogens is 332 g/mol. The Morgan fingerprint density at radius 1 is 1.14 bits per heavy atom. The van der Waals surface area contributed by atoms with Crippen LogP contribution in [0, 0.1) is 0 Å². The van der Waals surface area contributed by atoms with E-state index < -0.39 is 0 Å². The number of nitrogens with zero attached hydrogens (tertiary/aromatic N) is 2. The standard InChI is InChI=1S/C15H24N4O.BrH/c1-4-16-15(17-5-2)18-11-14(20)19(3)12-13-9-7-6-8-10-13;/h6-10H,4-5,11-12H2,1-3H3,(H2,16,17,18);1H. The highest BCUT2D eigenvalue weighted by atomic mass is 79.9. The van der Waals surface area contributed by atoms with Crippen molar-refractivity contribution in [3.8, 4) is 0 Å². The van der Waals surface area contributed by atoms with Crippen molar-refractivity contribution in [3.05, 3.63) is 35.9 Å². The zero-order chi connectivity index (χ0) is 14.8. The van der Waals surface area contributed by atoms with Crippen molar-refractivity contribution in [1.29, 1.82) is 0 Å². The van der Waals surface area contributed by atoms with E-state index in [9.17, 15) is 4.79 Å². The molecule has 0 saturated carbocycles. The van der Waals surface area contributed by atoms with Crippen LogP contribution >= 0.6 is 17.0 Å². The normalized spacial score (nSPS) is 9.29. The zero-order valence-corrected chi connectivity index (χ0v) is 14.6. The number of nitrogens with one attached hydrogen (secondary N) is 2. The first kappa shape index (κ1) is 19.4. The molecule has 5 nitrogen and oxygen atoms in total. The van der Waals surface area contributed by atoms with Gasteiger partial charge in [0.05, 0.1) is 0 Å². The number of benzene rings is 1. The van der Waals surface area contributed by atoms with E-state index in [1.807, 2.05) is 44.2 Å². The number of carbonyl (C=O) groups excluding carboxylic acids is 1. The lowest BCUT2D eigenvalue weighted by Crippen LogP contribution is -2.38. The molecule has 1 aromatic carbocycles. The maximum Gasteiger partial charge on any atom is 0.244 e. The van der Waals surface area contributed by atoms with Gasteiger partial charge in [-0.15, -0.1) is 17.0 Å². The zero-order valence-electron chi connectivity index (χ0n) is 12.9. The molecule has 2 N–H and O–H groups in total. The largest absolute Gasteiger partial charge is 0.357 e. The molecule has 0 aliphatic carbocycles. The van der Waals surface area contributed by atoms with E-state index >= 15 is 0 Å². The summed E-state index contributed by atoms with van der Waals surface area (Å²) < 4.78 is 0. The van der Waals surface area contributed by atoms with Crippen molar-refractivity contribution >= 4 is 28.8 Å². The number of guanidine groups is 1. The molecule has 0 atom stereocenters. The van der Waals surface area contributed by atoms with Crippen LogP contribution in [-0.2, 0) is 11.3 Å². The summed E-state index contributed by atoms with van der Waals surface area (Å²) in [5, 5.41) is 6.19. The van der Waals surface area contributed by atoms with Gasteiger partial charge < -0.3 is 15.5 Å². The molecule has 118 valence electrons. The van der Waals surface area contributed by atoms with Crippen molar-refractivity contribution in [3.63, 3.8) is 0 Å². The molecule has 1 aromatic rings. The van der Waals surface area contributed by atoms with Gasteiger partial charge in [0.25, 0.3) is 0 Å². The SMILES string of the molecule is Br.CCNC(=NCC(=O)N(C)Cc1ccccc1)NCC. The summed E-state index contributed by atoms with van der Waals surface area (Å²) in [7, 11) is 1.80. The Morgan fingerprint density at radius 3 is 2.24 bits per heavy atom. The number of halogens is 1. The maximum absolute atomic E-state index is 12.0. The van der Waals surface area contributed by atoms with Gasteiger partial charge in [-0.1, -0.05) is 30.3 Å². The number of rotatable bonds is 6. The Kier molecular flexibility index (Phi) is 10.3. The van der Waals surface area contributed by atoms with E-state index in [4.69, 9.17) is 0 Å². The minimum Gasteiger partial charge on any atom is -0.357 e. The Morgan fingerprint density at radius 2 is 1.71 bits per heavy atom. The first-order valence-electron chi connectivity index (χ1n) is 6.97. The van der Waals surface area contributed by atoms with E-state index in [0.717, 1.165) is 18.7 Å². The summed E-state index contributed by atoms with van der Waals surface area (Å²) in [6.07, 6.45) is 0. The number of likely N-dealkylation sites (N-methyl/N-ethyl adjacent to an activating group) is 1. The summed E-state index contributed by atoms with van der Waals surface area (Å²) in [4.78, 5) is 18.0. The van der Waals surface area contributed by atoms with Gasteiger partial charge >= 0.3 is 0 Å². The molecule has 0 fully saturated rings. The van der Waals surface area contributed by atoms with Gasteiger partial charge in [-0.3, -0.25) is 4.79 Å². The first-order chi connectivity index (χ1) is 9.67. The summed E-state index contributed by atoms with van der Waals surface area (Å²) in [6, 6.07) is 9.93. The van der Waals surface area contributed by atoms with Crippen LogP contribution in [0.5, 0.6) is 0 Å². The smallest absolute Gasteiger partial charge is 0.244 e. The lowest BCUT2D eigenvalue weighted by atomic mass is 10.2. The molecule has 0 aromatic heterocycles. The average Bonchev–Trinajstić information content (AvgIpc) is 2.46. The second-order valence-corrected chi connectivity index (χ2v) is 4.46. The third kappa shape index (κ3) is 7.70.